The van der Waals surface area contributed by atoms with Crippen molar-refractivity contribution in [2.24, 2.45) is 17.8 Å². The van der Waals surface area contributed by atoms with Crippen molar-refractivity contribution in [3.8, 4) is 0 Å². The number of ketones is 1. The van der Waals surface area contributed by atoms with Crippen LogP contribution in [0.25, 0.3) is 33.1 Å². The predicted octanol–water partition coefficient (Wildman–Crippen LogP) is 13.1. The van der Waals surface area contributed by atoms with E-state index in [1.165, 1.54) is 70.3 Å². The largest absolute Gasteiger partial charge is 0.452 e. The maximum Gasteiger partial charge on any atom is 0.414 e. The van der Waals surface area contributed by atoms with Gasteiger partial charge in [0.1, 0.15) is 23.3 Å². The third kappa shape index (κ3) is 15.0. The minimum Gasteiger partial charge on any atom is -0.452 e. The minimum atomic E-state index is -0.367. The van der Waals surface area contributed by atoms with Crippen LogP contribution in [-0.4, -0.2) is 154 Å². The van der Waals surface area contributed by atoms with Crippen LogP contribution in [0.1, 0.15) is 190 Å². The van der Waals surface area contributed by atoms with Gasteiger partial charge >= 0.3 is 18.3 Å². The second-order valence-electron chi connectivity index (χ2n) is 29.9. The van der Waals surface area contributed by atoms with Gasteiger partial charge in [-0.1, -0.05) is 44.6 Å². The molecule has 4 aliphatic heterocycles. The molecule has 102 heavy (non-hydrogen) atoms. The molecule has 0 bridgehead atoms. The molecule has 8 aromatic rings. The summed E-state index contributed by atoms with van der Waals surface area (Å²) in [7, 11) is 4.29. The van der Waals surface area contributed by atoms with Crippen LogP contribution in [0.4, 0.5) is 31.4 Å². The number of amides is 3. The highest BCUT2D eigenvalue weighted by Crippen LogP contribution is 2.44. The van der Waals surface area contributed by atoms with Crippen LogP contribution in [0.2, 0.25) is 0 Å². The lowest BCUT2D eigenvalue weighted by Gasteiger charge is -2.34. The number of carbonyl (C=O) groups is 4. The Labute approximate surface area is 598 Å². The second-order valence-corrected chi connectivity index (χ2v) is 29.9. The lowest BCUT2D eigenvalue weighted by Crippen LogP contribution is -2.42. The van der Waals surface area contributed by atoms with E-state index in [1.54, 1.807) is 50.7 Å². The highest BCUT2D eigenvalue weighted by atomic mass is 16.6. The summed E-state index contributed by atoms with van der Waals surface area (Å²) in [5.74, 6) is 4.66. The molecule has 0 unspecified atom stereocenters. The van der Waals surface area contributed by atoms with Gasteiger partial charge in [-0.3, -0.25) is 29.0 Å². The SMILES string of the molecule is COC(=O)N1c2ccc3c(nc(CC4CCCCC4)n3[C@@H]3CCC[C@@H](C(C)=O)C3)c2CC[C@@H]1C.COC(=O)N1c2ccc3c(nc(CCn4cccn4)n3CCN3CCC(CO)CC3)c2CC[C@@H]1C.COC(=O)N1c2ccc3c(nc(Cn4ccccc4=O)n3[C@@H]3CCC[C@H](O)C3)c2CC[C@@H]1C. The van der Waals surface area contributed by atoms with E-state index in [1.807, 2.05) is 42.1 Å². The molecule has 4 fully saturated rings. The molecule has 23 nitrogen and oxygen atoms in total. The zero-order valence-electron chi connectivity index (χ0n) is 60.9. The zero-order valence-corrected chi connectivity index (χ0v) is 60.9. The number of methoxy groups -OCH3 is 3. The highest BCUT2D eigenvalue weighted by molar-refractivity contribution is 5.98. The van der Waals surface area contributed by atoms with E-state index < -0.39 is 0 Å². The predicted molar refractivity (Wildman–Crippen MR) is 395 cm³/mol. The van der Waals surface area contributed by atoms with Crippen molar-refractivity contribution in [3.63, 3.8) is 0 Å². The van der Waals surface area contributed by atoms with Gasteiger partial charge in [0.15, 0.2) is 0 Å². The van der Waals surface area contributed by atoms with Crippen molar-refractivity contribution in [1.29, 1.82) is 0 Å². The van der Waals surface area contributed by atoms with E-state index in [-0.39, 0.29) is 60.0 Å². The van der Waals surface area contributed by atoms with Crippen molar-refractivity contribution in [2.45, 2.75) is 231 Å². The minimum absolute atomic E-state index is 0.0420. The number of rotatable bonds is 14. The van der Waals surface area contributed by atoms with Gasteiger partial charge in [0, 0.05) is 117 Å². The normalized spacial score (nSPS) is 22.6. The molecule has 5 aromatic heterocycles. The van der Waals surface area contributed by atoms with Gasteiger partial charge < -0.3 is 47.6 Å². The fraction of sp³-hybridized carbons (Fsp3) is 0.582. The van der Waals surface area contributed by atoms with E-state index in [2.05, 4.69) is 61.8 Å². The average molecular weight is 1400 g/mol. The molecule has 7 atom stereocenters. The number of piperidine rings is 1. The Morgan fingerprint density at radius 2 is 1.08 bits per heavy atom. The number of anilines is 3. The number of aromatic nitrogens is 9. The van der Waals surface area contributed by atoms with Crippen LogP contribution in [0.3, 0.4) is 0 Å². The molecular formula is C79H105N13O10. The van der Waals surface area contributed by atoms with Gasteiger partial charge in [-0.15, -0.1) is 0 Å². The van der Waals surface area contributed by atoms with Crippen LogP contribution < -0.4 is 20.3 Å². The van der Waals surface area contributed by atoms with Crippen molar-refractivity contribution in [3.05, 3.63) is 124 Å². The van der Waals surface area contributed by atoms with Crippen LogP contribution in [0.15, 0.2) is 84.0 Å². The quantitative estimate of drug-likeness (QED) is 0.0962. The molecule has 9 heterocycles. The molecule has 2 N–H and O–H groups in total. The standard InChI is InChI=1S/C28H39N3O3.C26H36N6O3.C25H30N4O4/c1-18-12-13-23-24(30(18)28(33)34-3)14-15-25-27(23)29-26(16-20-8-5-4-6-9-20)31(25)22-11-7-10-21(17-22)19(2)32;1-19-4-5-21-22(32(19)26(34)35-2)6-7-23-25(21)28-24(10-15-30-12-3-11-27-30)31(23)17-16-29-13-8-20(18-33)9-14-29;1-16-9-10-19-20(28(16)25(32)33-2)11-12-21-24(19)26-22(15-27-13-4-3-8-23(27)31)29(21)17-6-5-7-18(30)14-17/h14-15,18,20-22H,4-13,16-17H2,1-3H3;3,6-7,11-12,19-20,33H,4-5,8-10,13-18H2,1-2H3;3-4,8,11-13,16-18,30H,5-7,9-10,14-15H2,1-2H3/t18-,21+,22+;19-;16-,17+,18-/m000/s1. The molecule has 0 spiro atoms. The van der Waals surface area contributed by atoms with Gasteiger partial charge in [-0.2, -0.15) is 5.10 Å². The number of pyridine rings is 1. The first-order chi connectivity index (χ1) is 49.5. The number of fused-ring (bicyclic) bond motifs is 9. The number of nitrogens with zero attached hydrogens (tertiary/aromatic N) is 13. The number of Topliss-reactive ketones (excluding diaryl/α,β-unsaturated/α-hetero) is 1. The molecule has 3 aliphatic carbocycles. The van der Waals surface area contributed by atoms with E-state index >= 15 is 0 Å². The first kappa shape index (κ1) is 72.0. The lowest BCUT2D eigenvalue weighted by atomic mass is 9.83. The highest BCUT2D eigenvalue weighted by Gasteiger charge is 2.38. The summed E-state index contributed by atoms with van der Waals surface area (Å²) in [6.07, 6.45) is 27.5. The van der Waals surface area contributed by atoms with E-state index in [0.29, 0.717) is 43.2 Å². The number of ether oxygens (including phenoxy) is 3. The Kier molecular flexibility index (Phi) is 22.6. The third-order valence-corrected chi connectivity index (χ3v) is 23.5. The van der Waals surface area contributed by atoms with Gasteiger partial charge in [0.05, 0.1) is 84.1 Å². The molecule has 3 aromatic carbocycles. The summed E-state index contributed by atoms with van der Waals surface area (Å²) in [6, 6.07) is 20.2. The number of carbonyl (C=O) groups excluding carboxylic acids is 4. The van der Waals surface area contributed by atoms with Gasteiger partial charge in [-0.05, 0) is 197 Å². The lowest BCUT2D eigenvalue weighted by molar-refractivity contribution is -0.122. The Balaban J connectivity index is 0.000000137. The fourth-order valence-corrected chi connectivity index (χ4v) is 17.8. The first-order valence-electron chi connectivity index (χ1n) is 37.9. The zero-order chi connectivity index (χ0) is 71.3. The topological polar surface area (TPSA) is 243 Å². The maximum absolute atomic E-state index is 12.6. The summed E-state index contributed by atoms with van der Waals surface area (Å²) in [5.41, 5.74) is 12.2. The number of likely N-dealkylation sites (tertiary alicyclic amines) is 1. The molecular weight excluding hydrogens is 1290 g/mol. The average Bonchev–Trinajstić information content (AvgIpc) is 1.58. The van der Waals surface area contributed by atoms with Crippen LogP contribution in [0, 0.1) is 17.8 Å². The summed E-state index contributed by atoms with van der Waals surface area (Å²) >= 11 is 0. The molecule has 0 radical (unpaired) electrons. The van der Waals surface area contributed by atoms with Crippen molar-refractivity contribution >= 4 is 74.2 Å². The maximum atomic E-state index is 12.6. The Morgan fingerprint density at radius 1 is 0.539 bits per heavy atom. The number of aliphatic hydroxyl groups is 2. The molecule has 546 valence electrons. The summed E-state index contributed by atoms with van der Waals surface area (Å²) in [4.78, 5) is 85.6. The Hall–Kier alpha value is -8.41. The van der Waals surface area contributed by atoms with E-state index in [9.17, 15) is 34.2 Å². The molecule has 15 rings (SSSR count). The number of imidazole rings is 3. The number of aliphatic hydroxyl groups excluding tert-OH is 2. The van der Waals surface area contributed by atoms with Crippen LogP contribution in [0.5, 0.6) is 0 Å². The summed E-state index contributed by atoms with van der Waals surface area (Å²) in [6.45, 7) is 13.2. The number of benzene rings is 3. The Morgan fingerprint density at radius 3 is 1.62 bits per heavy atom. The molecule has 7 aliphatic rings. The summed E-state index contributed by atoms with van der Waals surface area (Å²) in [5, 5.41) is 24.2. The van der Waals surface area contributed by atoms with Gasteiger partial charge in [0.2, 0.25) is 0 Å². The van der Waals surface area contributed by atoms with Crippen LogP contribution in [-0.2, 0) is 70.7 Å². The van der Waals surface area contributed by atoms with Crippen molar-refractivity contribution < 1.29 is 43.6 Å². The first-order valence-corrected chi connectivity index (χ1v) is 37.9. The smallest absolute Gasteiger partial charge is 0.414 e. The number of hydrogen-bond donors (Lipinski definition) is 2. The fourth-order valence-electron chi connectivity index (χ4n) is 17.8. The molecule has 1 saturated heterocycles. The van der Waals surface area contributed by atoms with E-state index in [4.69, 9.17) is 29.2 Å². The van der Waals surface area contributed by atoms with Gasteiger partial charge in [0.25, 0.3) is 5.56 Å². The van der Waals surface area contributed by atoms with Crippen molar-refractivity contribution in [2.75, 3.05) is 62.3 Å². The molecule has 3 amide bonds. The number of aryl methyl sites for hydroxylation is 5. The third-order valence-electron chi connectivity index (χ3n) is 23.5. The van der Waals surface area contributed by atoms with Crippen LogP contribution >= 0.6 is 0 Å². The monoisotopic (exact) mass is 1400 g/mol. The van der Waals surface area contributed by atoms with Crippen molar-refractivity contribution in [1.82, 2.24) is 47.9 Å². The molecule has 23 heteroatoms. The van der Waals surface area contributed by atoms with Gasteiger partial charge in [-0.25, -0.2) is 29.3 Å². The van der Waals surface area contributed by atoms with E-state index in [0.717, 1.165) is 209 Å². The second kappa shape index (κ2) is 32.1. The summed E-state index contributed by atoms with van der Waals surface area (Å²) < 4.78 is 25.9. The Bertz CT molecular complexity index is 4330. The number of hydrogen-bond acceptors (Lipinski definition) is 15. The molecule has 3 saturated carbocycles.